The molecule has 0 bridgehead atoms. The lowest BCUT2D eigenvalue weighted by atomic mass is 10.2. The number of anilines is 1. The van der Waals surface area contributed by atoms with E-state index in [2.05, 4.69) is 29.0 Å². The van der Waals surface area contributed by atoms with Gasteiger partial charge in [-0.3, -0.25) is 9.69 Å². The van der Waals surface area contributed by atoms with Crippen molar-refractivity contribution >= 4 is 11.7 Å². The van der Waals surface area contributed by atoms with Crippen molar-refractivity contribution in [1.29, 1.82) is 0 Å². The Kier molecular flexibility index (Phi) is 4.95. The maximum absolute atomic E-state index is 12.4. The van der Waals surface area contributed by atoms with Crippen LogP contribution in [0.2, 0.25) is 0 Å². The van der Waals surface area contributed by atoms with Crippen LogP contribution in [-0.2, 0) is 0 Å². The molecule has 0 atom stereocenters. The summed E-state index contributed by atoms with van der Waals surface area (Å²) in [6.45, 7) is 10.7. The first-order valence-electron chi connectivity index (χ1n) is 7.36. The second kappa shape index (κ2) is 6.70. The third kappa shape index (κ3) is 3.48. The molecular formula is C15H24N4O. The lowest BCUT2D eigenvalue weighted by Crippen LogP contribution is -2.50. The number of hydrogen-bond donors (Lipinski definition) is 1. The third-order valence-corrected chi connectivity index (χ3v) is 3.66. The molecule has 5 heteroatoms. The molecule has 1 N–H and O–H groups in total. The number of piperazine rings is 1. The van der Waals surface area contributed by atoms with E-state index in [1.54, 1.807) is 6.07 Å². The predicted octanol–water partition coefficient (Wildman–Crippen LogP) is 1.68. The predicted molar refractivity (Wildman–Crippen MR) is 81.0 cm³/mol. The van der Waals surface area contributed by atoms with Crippen molar-refractivity contribution in [1.82, 2.24) is 14.8 Å². The van der Waals surface area contributed by atoms with Gasteiger partial charge in [-0.15, -0.1) is 0 Å². The minimum atomic E-state index is 0.0353. The van der Waals surface area contributed by atoms with Gasteiger partial charge in [0.25, 0.3) is 5.91 Å². The maximum atomic E-state index is 12.4. The first kappa shape index (κ1) is 14.8. The number of aromatic nitrogens is 1. The highest BCUT2D eigenvalue weighted by Gasteiger charge is 2.23. The van der Waals surface area contributed by atoms with Gasteiger partial charge in [0.1, 0.15) is 11.5 Å². The summed E-state index contributed by atoms with van der Waals surface area (Å²) >= 11 is 0. The molecule has 0 aromatic carbocycles. The van der Waals surface area contributed by atoms with Crippen LogP contribution in [0.4, 0.5) is 5.82 Å². The third-order valence-electron chi connectivity index (χ3n) is 3.66. The Morgan fingerprint density at radius 3 is 2.60 bits per heavy atom. The number of carbonyl (C=O) groups is 1. The molecule has 1 fully saturated rings. The molecule has 1 saturated heterocycles. The fourth-order valence-electron chi connectivity index (χ4n) is 2.44. The first-order chi connectivity index (χ1) is 9.61. The molecule has 1 aliphatic heterocycles. The number of rotatable bonds is 4. The van der Waals surface area contributed by atoms with Crippen LogP contribution >= 0.6 is 0 Å². The van der Waals surface area contributed by atoms with Gasteiger partial charge < -0.3 is 10.2 Å². The van der Waals surface area contributed by atoms with Crippen molar-refractivity contribution in [2.24, 2.45) is 0 Å². The van der Waals surface area contributed by atoms with Crippen molar-refractivity contribution in [3.05, 3.63) is 23.9 Å². The van der Waals surface area contributed by atoms with Crippen LogP contribution in [0.3, 0.4) is 0 Å². The van der Waals surface area contributed by atoms with Gasteiger partial charge in [0.15, 0.2) is 0 Å². The lowest BCUT2D eigenvalue weighted by Gasteiger charge is -2.36. The summed E-state index contributed by atoms with van der Waals surface area (Å²) in [7, 11) is 0. The summed E-state index contributed by atoms with van der Waals surface area (Å²) in [5.74, 6) is 0.798. The van der Waals surface area contributed by atoms with Crippen LogP contribution in [0, 0.1) is 0 Å². The molecule has 2 rings (SSSR count). The van der Waals surface area contributed by atoms with Crippen LogP contribution in [0.15, 0.2) is 18.2 Å². The van der Waals surface area contributed by atoms with Crippen LogP contribution in [0.1, 0.15) is 31.3 Å². The van der Waals surface area contributed by atoms with Gasteiger partial charge in [0, 0.05) is 38.8 Å². The Morgan fingerprint density at radius 2 is 2.00 bits per heavy atom. The fraction of sp³-hybridized carbons (Fsp3) is 0.600. The number of nitrogens with one attached hydrogen (secondary N) is 1. The van der Waals surface area contributed by atoms with Gasteiger partial charge in [0.05, 0.1) is 0 Å². The SMILES string of the molecule is CCNc1cccc(C(=O)N2CCN(C(C)C)CC2)n1. The highest BCUT2D eigenvalue weighted by atomic mass is 16.2. The summed E-state index contributed by atoms with van der Waals surface area (Å²) in [5, 5.41) is 3.14. The van der Waals surface area contributed by atoms with E-state index in [9.17, 15) is 4.79 Å². The van der Waals surface area contributed by atoms with Gasteiger partial charge in [-0.1, -0.05) is 6.07 Å². The van der Waals surface area contributed by atoms with Gasteiger partial charge in [0.2, 0.25) is 0 Å². The molecule has 0 aliphatic carbocycles. The van der Waals surface area contributed by atoms with Crippen molar-refractivity contribution in [2.45, 2.75) is 26.8 Å². The number of carbonyl (C=O) groups excluding carboxylic acids is 1. The van der Waals surface area contributed by atoms with Crippen molar-refractivity contribution < 1.29 is 4.79 Å². The van der Waals surface area contributed by atoms with Gasteiger partial charge in [-0.05, 0) is 32.9 Å². The Hall–Kier alpha value is -1.62. The van der Waals surface area contributed by atoms with Crippen molar-refractivity contribution in [3.63, 3.8) is 0 Å². The lowest BCUT2D eigenvalue weighted by molar-refractivity contribution is 0.0590. The molecule has 1 aliphatic rings. The van der Waals surface area contributed by atoms with Crippen LogP contribution in [-0.4, -0.2) is 59.5 Å². The Balaban J connectivity index is 2.00. The van der Waals surface area contributed by atoms with Crippen LogP contribution < -0.4 is 5.32 Å². The average Bonchev–Trinajstić information content (AvgIpc) is 2.47. The first-order valence-corrected chi connectivity index (χ1v) is 7.36. The highest BCUT2D eigenvalue weighted by molar-refractivity contribution is 5.92. The summed E-state index contributed by atoms with van der Waals surface area (Å²) in [6.07, 6.45) is 0. The summed E-state index contributed by atoms with van der Waals surface area (Å²) in [5.41, 5.74) is 0.529. The monoisotopic (exact) mass is 276 g/mol. The molecule has 1 aromatic heterocycles. The molecule has 1 aromatic rings. The van der Waals surface area contributed by atoms with E-state index in [0.717, 1.165) is 38.5 Å². The van der Waals surface area contributed by atoms with Crippen LogP contribution in [0.25, 0.3) is 0 Å². The number of nitrogens with zero attached hydrogens (tertiary/aromatic N) is 3. The zero-order chi connectivity index (χ0) is 14.5. The highest BCUT2D eigenvalue weighted by Crippen LogP contribution is 2.11. The Morgan fingerprint density at radius 1 is 1.30 bits per heavy atom. The number of pyridine rings is 1. The number of amides is 1. The summed E-state index contributed by atoms with van der Waals surface area (Å²) < 4.78 is 0. The normalized spacial score (nSPS) is 16.5. The van der Waals surface area contributed by atoms with E-state index < -0.39 is 0 Å². The molecule has 1 amide bonds. The Labute approximate surface area is 121 Å². The number of hydrogen-bond acceptors (Lipinski definition) is 4. The standard InChI is InChI=1S/C15H24N4O/c1-4-16-14-7-5-6-13(17-14)15(20)19-10-8-18(9-11-19)12(2)3/h5-7,12H,4,8-11H2,1-3H3,(H,16,17). The average molecular weight is 276 g/mol. The smallest absolute Gasteiger partial charge is 0.272 e. The molecule has 5 nitrogen and oxygen atoms in total. The molecule has 110 valence electrons. The maximum Gasteiger partial charge on any atom is 0.272 e. The summed E-state index contributed by atoms with van der Waals surface area (Å²) in [4.78, 5) is 21.1. The van der Waals surface area contributed by atoms with E-state index in [4.69, 9.17) is 0 Å². The quantitative estimate of drug-likeness (QED) is 0.909. The minimum absolute atomic E-state index is 0.0353. The largest absolute Gasteiger partial charge is 0.370 e. The van der Waals surface area contributed by atoms with Gasteiger partial charge >= 0.3 is 0 Å². The molecule has 0 saturated carbocycles. The minimum Gasteiger partial charge on any atom is -0.370 e. The zero-order valence-corrected chi connectivity index (χ0v) is 12.6. The van der Waals surface area contributed by atoms with Crippen LogP contribution in [0.5, 0.6) is 0 Å². The van der Waals surface area contributed by atoms with Crippen molar-refractivity contribution in [3.8, 4) is 0 Å². The van der Waals surface area contributed by atoms with Crippen molar-refractivity contribution in [2.75, 3.05) is 38.0 Å². The van der Waals surface area contributed by atoms with E-state index >= 15 is 0 Å². The van der Waals surface area contributed by atoms with E-state index in [1.165, 1.54) is 0 Å². The topological polar surface area (TPSA) is 48.5 Å². The summed E-state index contributed by atoms with van der Waals surface area (Å²) in [6, 6.07) is 6.10. The molecule has 0 unspecified atom stereocenters. The van der Waals surface area contributed by atoms with E-state index in [0.29, 0.717) is 11.7 Å². The second-order valence-corrected chi connectivity index (χ2v) is 5.36. The molecule has 20 heavy (non-hydrogen) atoms. The molecule has 0 radical (unpaired) electrons. The second-order valence-electron chi connectivity index (χ2n) is 5.36. The zero-order valence-electron chi connectivity index (χ0n) is 12.6. The van der Waals surface area contributed by atoms with Gasteiger partial charge in [-0.25, -0.2) is 4.98 Å². The molecular weight excluding hydrogens is 252 g/mol. The van der Waals surface area contributed by atoms with Gasteiger partial charge in [-0.2, -0.15) is 0 Å². The molecule has 0 spiro atoms. The fourth-order valence-corrected chi connectivity index (χ4v) is 2.44. The van der Waals surface area contributed by atoms with E-state index in [1.807, 2.05) is 24.0 Å². The molecule has 2 heterocycles. The Bertz CT molecular complexity index is 453. The van der Waals surface area contributed by atoms with E-state index in [-0.39, 0.29) is 5.91 Å².